The number of rotatable bonds is 4. The summed E-state index contributed by atoms with van der Waals surface area (Å²) < 4.78 is 17.9. The third-order valence-electron chi connectivity index (χ3n) is 2.55. The maximum absolute atomic E-state index is 13.0. The standard InChI is InChI=1S/C14H13FN2O2/c1-19-13-6-5-11(9-16-13)14(18)17-8-10-3-2-4-12(15)7-10/h2-7,9H,8H2,1H3,(H,17,18). The highest BCUT2D eigenvalue weighted by molar-refractivity contribution is 5.93. The van der Waals surface area contributed by atoms with Crippen molar-refractivity contribution >= 4 is 5.91 Å². The van der Waals surface area contributed by atoms with Gasteiger partial charge in [0.25, 0.3) is 5.91 Å². The van der Waals surface area contributed by atoms with Gasteiger partial charge in [-0.3, -0.25) is 4.79 Å². The van der Waals surface area contributed by atoms with Crippen molar-refractivity contribution in [2.24, 2.45) is 0 Å². The largest absolute Gasteiger partial charge is 0.481 e. The summed E-state index contributed by atoms with van der Waals surface area (Å²) >= 11 is 0. The number of hydrogen-bond acceptors (Lipinski definition) is 3. The van der Waals surface area contributed by atoms with Gasteiger partial charge in [-0.1, -0.05) is 12.1 Å². The minimum Gasteiger partial charge on any atom is -0.481 e. The molecule has 1 aromatic heterocycles. The molecule has 0 fully saturated rings. The molecule has 0 aliphatic heterocycles. The first-order valence-corrected chi connectivity index (χ1v) is 5.72. The van der Waals surface area contributed by atoms with Crippen molar-refractivity contribution in [1.29, 1.82) is 0 Å². The molecule has 1 N–H and O–H groups in total. The number of methoxy groups -OCH3 is 1. The average molecular weight is 260 g/mol. The minimum absolute atomic E-state index is 0.264. The van der Waals surface area contributed by atoms with Gasteiger partial charge in [0.15, 0.2) is 0 Å². The van der Waals surface area contributed by atoms with Crippen molar-refractivity contribution in [3.05, 3.63) is 59.5 Å². The molecule has 1 amide bonds. The Kier molecular flexibility index (Phi) is 4.07. The van der Waals surface area contributed by atoms with Crippen LogP contribution in [0.1, 0.15) is 15.9 Å². The molecule has 98 valence electrons. The van der Waals surface area contributed by atoms with Gasteiger partial charge in [-0.2, -0.15) is 0 Å². The van der Waals surface area contributed by atoms with E-state index in [9.17, 15) is 9.18 Å². The van der Waals surface area contributed by atoms with Crippen molar-refractivity contribution in [3.63, 3.8) is 0 Å². The second-order valence-corrected chi connectivity index (χ2v) is 3.90. The average Bonchev–Trinajstić information content (AvgIpc) is 2.45. The molecule has 0 saturated heterocycles. The maximum Gasteiger partial charge on any atom is 0.253 e. The van der Waals surface area contributed by atoms with Crippen molar-refractivity contribution in [1.82, 2.24) is 10.3 Å². The zero-order chi connectivity index (χ0) is 13.7. The van der Waals surface area contributed by atoms with E-state index in [-0.39, 0.29) is 18.3 Å². The molecule has 0 aliphatic carbocycles. The highest BCUT2D eigenvalue weighted by Gasteiger charge is 2.06. The van der Waals surface area contributed by atoms with E-state index >= 15 is 0 Å². The summed E-state index contributed by atoms with van der Waals surface area (Å²) in [5.41, 5.74) is 1.13. The Morgan fingerprint density at radius 1 is 1.37 bits per heavy atom. The Balaban J connectivity index is 1.97. The van der Waals surface area contributed by atoms with Crippen LogP contribution in [0.2, 0.25) is 0 Å². The molecule has 0 atom stereocenters. The van der Waals surface area contributed by atoms with Gasteiger partial charge in [0, 0.05) is 18.8 Å². The number of pyridine rings is 1. The number of carbonyl (C=O) groups excluding carboxylic acids is 1. The number of carbonyl (C=O) groups is 1. The Hall–Kier alpha value is -2.43. The van der Waals surface area contributed by atoms with Gasteiger partial charge in [0.2, 0.25) is 5.88 Å². The Morgan fingerprint density at radius 2 is 2.21 bits per heavy atom. The van der Waals surface area contributed by atoms with Crippen LogP contribution in [0.25, 0.3) is 0 Å². The van der Waals surface area contributed by atoms with Gasteiger partial charge in [-0.15, -0.1) is 0 Å². The van der Waals surface area contributed by atoms with E-state index < -0.39 is 0 Å². The van der Waals surface area contributed by atoms with E-state index in [1.165, 1.54) is 25.4 Å². The summed E-state index contributed by atoms with van der Waals surface area (Å²) in [5.74, 6) is -0.140. The van der Waals surface area contributed by atoms with Crippen LogP contribution in [0, 0.1) is 5.82 Å². The molecule has 1 aromatic carbocycles. The van der Waals surface area contributed by atoms with Crippen molar-refractivity contribution < 1.29 is 13.9 Å². The number of aromatic nitrogens is 1. The molecular formula is C14H13FN2O2. The predicted octanol–water partition coefficient (Wildman–Crippen LogP) is 2.16. The highest BCUT2D eigenvalue weighted by atomic mass is 19.1. The number of hydrogen-bond donors (Lipinski definition) is 1. The molecule has 2 rings (SSSR count). The van der Waals surface area contributed by atoms with Crippen LogP contribution in [0.5, 0.6) is 5.88 Å². The van der Waals surface area contributed by atoms with Crippen LogP contribution in [-0.4, -0.2) is 18.0 Å². The summed E-state index contributed by atoms with van der Waals surface area (Å²) in [5, 5.41) is 2.69. The number of ether oxygens (including phenoxy) is 1. The van der Waals surface area contributed by atoms with Gasteiger partial charge < -0.3 is 10.1 Å². The molecule has 5 heteroatoms. The smallest absolute Gasteiger partial charge is 0.253 e. The third-order valence-corrected chi connectivity index (χ3v) is 2.55. The zero-order valence-electron chi connectivity index (χ0n) is 10.4. The summed E-state index contributed by atoms with van der Waals surface area (Å²) in [4.78, 5) is 15.8. The van der Waals surface area contributed by atoms with Gasteiger partial charge in [-0.25, -0.2) is 9.37 Å². The SMILES string of the molecule is COc1ccc(C(=O)NCc2cccc(F)c2)cn1. The summed E-state index contributed by atoms with van der Waals surface area (Å²) in [7, 11) is 1.51. The summed E-state index contributed by atoms with van der Waals surface area (Å²) in [6.07, 6.45) is 1.43. The van der Waals surface area contributed by atoms with E-state index in [0.29, 0.717) is 17.0 Å². The van der Waals surface area contributed by atoms with Gasteiger partial charge in [0.1, 0.15) is 5.82 Å². The monoisotopic (exact) mass is 260 g/mol. The molecule has 0 spiro atoms. The number of amides is 1. The summed E-state index contributed by atoms with van der Waals surface area (Å²) in [6, 6.07) is 9.32. The van der Waals surface area contributed by atoms with E-state index in [2.05, 4.69) is 10.3 Å². The molecular weight excluding hydrogens is 247 g/mol. The Bertz CT molecular complexity index is 570. The molecule has 4 nitrogen and oxygen atoms in total. The minimum atomic E-state index is -0.321. The van der Waals surface area contributed by atoms with Gasteiger partial charge in [-0.05, 0) is 23.8 Å². The first-order chi connectivity index (χ1) is 9.19. The lowest BCUT2D eigenvalue weighted by atomic mass is 10.2. The van der Waals surface area contributed by atoms with E-state index in [1.54, 1.807) is 24.3 Å². The van der Waals surface area contributed by atoms with E-state index in [1.807, 2.05) is 0 Å². The number of benzene rings is 1. The third kappa shape index (κ3) is 3.51. The topological polar surface area (TPSA) is 51.2 Å². The van der Waals surface area contributed by atoms with Crippen LogP contribution in [0.3, 0.4) is 0 Å². The second-order valence-electron chi connectivity index (χ2n) is 3.90. The predicted molar refractivity (Wildman–Crippen MR) is 68.4 cm³/mol. The molecule has 0 unspecified atom stereocenters. The lowest BCUT2D eigenvalue weighted by Crippen LogP contribution is -2.22. The molecule has 19 heavy (non-hydrogen) atoms. The van der Waals surface area contributed by atoms with E-state index in [0.717, 1.165) is 0 Å². The number of halogens is 1. The Morgan fingerprint density at radius 3 is 2.84 bits per heavy atom. The van der Waals surface area contributed by atoms with Crippen molar-refractivity contribution in [2.75, 3.05) is 7.11 Å². The summed E-state index contributed by atoms with van der Waals surface area (Å²) in [6.45, 7) is 0.266. The second kappa shape index (κ2) is 5.95. The van der Waals surface area contributed by atoms with Crippen molar-refractivity contribution in [3.8, 4) is 5.88 Å². The quantitative estimate of drug-likeness (QED) is 0.916. The van der Waals surface area contributed by atoms with Crippen molar-refractivity contribution in [2.45, 2.75) is 6.54 Å². The normalized spacial score (nSPS) is 10.0. The van der Waals surface area contributed by atoms with Crippen LogP contribution in [-0.2, 0) is 6.54 Å². The van der Waals surface area contributed by atoms with Crippen LogP contribution in [0.4, 0.5) is 4.39 Å². The lowest BCUT2D eigenvalue weighted by molar-refractivity contribution is 0.0950. The number of nitrogens with zero attached hydrogens (tertiary/aromatic N) is 1. The first kappa shape index (κ1) is 13.0. The molecule has 0 aliphatic rings. The lowest BCUT2D eigenvalue weighted by Gasteiger charge is -2.06. The van der Waals surface area contributed by atoms with Crippen LogP contribution in [0.15, 0.2) is 42.6 Å². The first-order valence-electron chi connectivity index (χ1n) is 5.72. The maximum atomic E-state index is 13.0. The Labute approximate surface area is 110 Å². The van der Waals surface area contributed by atoms with Crippen LogP contribution >= 0.6 is 0 Å². The molecule has 0 saturated carbocycles. The fraction of sp³-hybridized carbons (Fsp3) is 0.143. The number of nitrogens with one attached hydrogen (secondary N) is 1. The van der Waals surface area contributed by atoms with Crippen LogP contribution < -0.4 is 10.1 Å². The molecule has 2 aromatic rings. The molecule has 1 heterocycles. The van der Waals surface area contributed by atoms with E-state index in [4.69, 9.17) is 4.74 Å². The zero-order valence-corrected chi connectivity index (χ0v) is 10.4. The fourth-order valence-corrected chi connectivity index (χ4v) is 1.57. The van der Waals surface area contributed by atoms with Gasteiger partial charge in [0.05, 0.1) is 12.7 Å². The molecule has 0 bridgehead atoms. The van der Waals surface area contributed by atoms with Gasteiger partial charge >= 0.3 is 0 Å². The highest BCUT2D eigenvalue weighted by Crippen LogP contribution is 2.07. The fourth-order valence-electron chi connectivity index (χ4n) is 1.57. The molecule has 0 radical (unpaired) electrons.